The lowest BCUT2D eigenvalue weighted by atomic mass is 9.83. The second-order valence-corrected chi connectivity index (χ2v) is 12.8. The minimum atomic E-state index is -1.18. The molecule has 256 valence electrons. The molecule has 1 saturated carbocycles. The van der Waals surface area contributed by atoms with E-state index >= 15 is 4.39 Å². The first-order chi connectivity index (χ1) is 23.7. The first-order valence-corrected chi connectivity index (χ1v) is 16.7. The minimum Gasteiger partial charge on any atom is -0.454 e. The molecular weight excluding hydrogens is 633 g/mol. The standard InChI is InChI=1S/C36H39F3N8O2/c1-3-45(4-2)21-36(14-5-6-15-36)18-23(19-40)35(48)46-16-8-9-24(46)20-47-34-30(33(41)42-22-43-34)32(44-47)26-13-12-25(17-28(26)38)49-29-11-7-10-27(37)31(29)39/h7,10-13,17-18,22,24H,3-6,8-9,14-16,20-21H2,1-2H3,(H2,41,42,43)/b23-18+/t24-/m0/s1. The second-order valence-electron chi connectivity index (χ2n) is 12.8. The number of carbonyl (C=O) groups excluding carboxylic acids is 1. The summed E-state index contributed by atoms with van der Waals surface area (Å²) in [5.74, 6) is -3.64. The van der Waals surface area contributed by atoms with Crippen molar-refractivity contribution in [2.24, 2.45) is 5.41 Å². The summed E-state index contributed by atoms with van der Waals surface area (Å²) in [6, 6.07) is 9.29. The Balaban J connectivity index is 1.28. The van der Waals surface area contributed by atoms with Crippen molar-refractivity contribution in [2.45, 2.75) is 65.0 Å². The monoisotopic (exact) mass is 672 g/mol. The molecule has 0 unspecified atom stereocenters. The van der Waals surface area contributed by atoms with Gasteiger partial charge in [0.2, 0.25) is 5.82 Å². The number of likely N-dealkylation sites (tertiary alicyclic amines) is 1. The number of nitriles is 1. The SMILES string of the molecule is CCN(CC)CC1(/C=C(\C#N)C(=O)N2CCC[C@H]2Cn2nc(-c3ccc(Oc4cccc(F)c4F)cc3F)c3c(N)ncnc32)CCCC1. The van der Waals surface area contributed by atoms with Gasteiger partial charge < -0.3 is 20.3 Å². The van der Waals surface area contributed by atoms with Crippen LogP contribution in [0.3, 0.4) is 0 Å². The highest BCUT2D eigenvalue weighted by atomic mass is 19.2. The average molecular weight is 673 g/mol. The highest BCUT2D eigenvalue weighted by molar-refractivity contribution is 5.99. The molecule has 2 fully saturated rings. The maximum atomic E-state index is 15.6. The summed E-state index contributed by atoms with van der Waals surface area (Å²) in [6.07, 6.45) is 8.70. The van der Waals surface area contributed by atoms with E-state index in [1.807, 2.05) is 6.08 Å². The van der Waals surface area contributed by atoms with Crippen molar-refractivity contribution in [1.29, 1.82) is 5.26 Å². The molecular formula is C36H39F3N8O2. The van der Waals surface area contributed by atoms with Crippen LogP contribution in [0.5, 0.6) is 11.5 Å². The van der Waals surface area contributed by atoms with Gasteiger partial charge in [-0.1, -0.05) is 38.8 Å². The van der Waals surface area contributed by atoms with Crippen molar-refractivity contribution >= 4 is 22.8 Å². The number of rotatable bonds is 11. The summed E-state index contributed by atoms with van der Waals surface area (Å²) < 4.78 is 50.5. The van der Waals surface area contributed by atoms with Gasteiger partial charge in [0.25, 0.3) is 5.91 Å². The van der Waals surface area contributed by atoms with Gasteiger partial charge in [0.1, 0.15) is 41.0 Å². The van der Waals surface area contributed by atoms with E-state index in [9.17, 15) is 18.8 Å². The van der Waals surface area contributed by atoms with Crippen LogP contribution in [0.4, 0.5) is 19.0 Å². The molecule has 2 N–H and O–H groups in total. The molecule has 0 spiro atoms. The van der Waals surface area contributed by atoms with Gasteiger partial charge in [0.15, 0.2) is 17.2 Å². The molecule has 6 rings (SSSR count). The number of anilines is 1. The molecule has 10 nitrogen and oxygen atoms in total. The third kappa shape index (κ3) is 6.83. The predicted octanol–water partition coefficient (Wildman–Crippen LogP) is 6.63. The number of benzene rings is 2. The van der Waals surface area contributed by atoms with Crippen molar-refractivity contribution in [1.82, 2.24) is 29.5 Å². The molecule has 13 heteroatoms. The van der Waals surface area contributed by atoms with Crippen molar-refractivity contribution in [3.63, 3.8) is 0 Å². The first kappa shape index (κ1) is 33.9. The molecule has 2 aromatic carbocycles. The summed E-state index contributed by atoms with van der Waals surface area (Å²) in [5, 5.41) is 15.2. The molecule has 1 atom stereocenters. The number of ether oxygens (including phenoxy) is 1. The zero-order valence-corrected chi connectivity index (χ0v) is 27.6. The number of hydrogen-bond acceptors (Lipinski definition) is 8. The summed E-state index contributed by atoms with van der Waals surface area (Å²) >= 11 is 0. The number of halogens is 3. The van der Waals surface area contributed by atoms with Gasteiger partial charge in [0.05, 0.1) is 18.0 Å². The van der Waals surface area contributed by atoms with Gasteiger partial charge in [-0.3, -0.25) is 4.79 Å². The quantitative estimate of drug-likeness (QED) is 0.139. The Hall–Kier alpha value is -4.96. The molecule has 3 heterocycles. The van der Waals surface area contributed by atoms with Crippen LogP contribution in [0.25, 0.3) is 22.3 Å². The topological polar surface area (TPSA) is 126 Å². The lowest BCUT2D eigenvalue weighted by Crippen LogP contribution is -2.40. The van der Waals surface area contributed by atoms with Gasteiger partial charge in [-0.25, -0.2) is 23.4 Å². The van der Waals surface area contributed by atoms with Gasteiger partial charge in [-0.15, -0.1) is 0 Å². The Morgan fingerprint density at radius 2 is 1.90 bits per heavy atom. The van der Waals surface area contributed by atoms with Crippen LogP contribution in [-0.2, 0) is 11.3 Å². The summed E-state index contributed by atoms with van der Waals surface area (Å²) in [5.41, 5.74) is 6.84. The largest absolute Gasteiger partial charge is 0.454 e. The van der Waals surface area contributed by atoms with Gasteiger partial charge >= 0.3 is 0 Å². The molecule has 2 aromatic heterocycles. The molecule has 1 aliphatic carbocycles. The smallest absolute Gasteiger partial charge is 0.264 e. The van der Waals surface area contributed by atoms with Crippen LogP contribution < -0.4 is 10.5 Å². The van der Waals surface area contributed by atoms with E-state index in [1.165, 1.54) is 30.6 Å². The first-order valence-electron chi connectivity index (χ1n) is 16.7. The Morgan fingerprint density at radius 1 is 1.12 bits per heavy atom. The Bertz CT molecular complexity index is 1930. The van der Waals surface area contributed by atoms with E-state index in [-0.39, 0.29) is 58.1 Å². The number of aromatic nitrogens is 4. The Morgan fingerprint density at radius 3 is 2.61 bits per heavy atom. The summed E-state index contributed by atoms with van der Waals surface area (Å²) in [4.78, 5) is 26.6. The average Bonchev–Trinajstić information content (AvgIpc) is 3.85. The van der Waals surface area contributed by atoms with Crippen LogP contribution >= 0.6 is 0 Å². The molecule has 2 aliphatic rings. The fourth-order valence-corrected chi connectivity index (χ4v) is 7.20. The van der Waals surface area contributed by atoms with E-state index in [0.717, 1.165) is 63.9 Å². The highest BCUT2D eigenvalue weighted by Gasteiger charge is 2.37. The molecule has 0 bridgehead atoms. The number of carbonyl (C=O) groups is 1. The molecule has 1 saturated heterocycles. The number of nitrogen functional groups attached to an aromatic ring is 1. The lowest BCUT2D eigenvalue weighted by molar-refractivity contribution is -0.127. The summed E-state index contributed by atoms with van der Waals surface area (Å²) in [6.45, 7) is 7.61. The van der Waals surface area contributed by atoms with Crippen molar-refractivity contribution in [3.05, 3.63) is 71.8 Å². The van der Waals surface area contributed by atoms with Crippen LogP contribution in [0, 0.1) is 34.2 Å². The van der Waals surface area contributed by atoms with Crippen molar-refractivity contribution in [3.8, 4) is 28.8 Å². The third-order valence-corrected chi connectivity index (χ3v) is 9.75. The van der Waals surface area contributed by atoms with Crippen LogP contribution in [0.15, 0.2) is 54.4 Å². The Kier molecular flexibility index (Phi) is 9.87. The maximum Gasteiger partial charge on any atom is 0.264 e. The number of hydrogen-bond donors (Lipinski definition) is 1. The minimum absolute atomic E-state index is 0.0448. The zero-order chi connectivity index (χ0) is 34.7. The predicted molar refractivity (Wildman–Crippen MR) is 179 cm³/mol. The highest BCUT2D eigenvalue weighted by Crippen LogP contribution is 2.42. The molecule has 49 heavy (non-hydrogen) atoms. The van der Waals surface area contributed by atoms with E-state index in [0.29, 0.717) is 24.0 Å². The number of fused-ring (bicyclic) bond motifs is 1. The molecule has 4 aromatic rings. The Labute approximate surface area is 283 Å². The van der Waals surface area contributed by atoms with E-state index in [4.69, 9.17) is 15.6 Å². The number of amides is 1. The van der Waals surface area contributed by atoms with Crippen molar-refractivity contribution < 1.29 is 22.7 Å². The van der Waals surface area contributed by atoms with Crippen molar-refractivity contribution in [2.75, 3.05) is 31.9 Å². The molecule has 0 radical (unpaired) electrons. The van der Waals surface area contributed by atoms with Gasteiger partial charge in [-0.05, 0) is 63.0 Å². The fourth-order valence-electron chi connectivity index (χ4n) is 7.20. The van der Waals surface area contributed by atoms with Gasteiger partial charge in [-0.2, -0.15) is 14.8 Å². The molecule has 1 amide bonds. The second kappa shape index (κ2) is 14.3. The zero-order valence-electron chi connectivity index (χ0n) is 27.6. The number of nitrogens with two attached hydrogens (primary N) is 1. The van der Waals surface area contributed by atoms with E-state index in [2.05, 4.69) is 34.8 Å². The van der Waals surface area contributed by atoms with Crippen LogP contribution in [0.2, 0.25) is 0 Å². The third-order valence-electron chi connectivity index (χ3n) is 9.75. The van der Waals surface area contributed by atoms with Crippen LogP contribution in [0.1, 0.15) is 52.4 Å². The maximum absolute atomic E-state index is 15.6. The van der Waals surface area contributed by atoms with Crippen LogP contribution in [-0.4, -0.2) is 67.7 Å². The fraction of sp³-hybridized carbons (Fsp3) is 0.417. The van der Waals surface area contributed by atoms with E-state index < -0.39 is 17.5 Å². The lowest BCUT2D eigenvalue weighted by Gasteiger charge is -2.33. The number of nitrogens with zero attached hydrogens (tertiary/aromatic N) is 7. The van der Waals surface area contributed by atoms with Gasteiger partial charge in [0, 0.05) is 30.1 Å². The van der Waals surface area contributed by atoms with E-state index in [1.54, 1.807) is 9.58 Å². The normalized spacial score (nSPS) is 17.6. The summed E-state index contributed by atoms with van der Waals surface area (Å²) in [7, 11) is 0. The molecule has 1 aliphatic heterocycles.